The van der Waals surface area contributed by atoms with Crippen molar-refractivity contribution in [3.8, 4) is 0 Å². The molecular formula is C17H27ClN2O4S. The highest BCUT2D eigenvalue weighted by Crippen LogP contribution is 2.25. The van der Waals surface area contributed by atoms with Gasteiger partial charge in [0.2, 0.25) is 10.0 Å². The number of carbonyl (C=O) groups excluding carboxylic acids is 1. The van der Waals surface area contributed by atoms with Gasteiger partial charge in [0.15, 0.2) is 0 Å². The van der Waals surface area contributed by atoms with E-state index < -0.39 is 10.0 Å². The number of amides is 1. The lowest BCUT2D eigenvalue weighted by molar-refractivity contribution is 0.0757. The molecule has 0 bridgehead atoms. The molecule has 0 unspecified atom stereocenters. The third-order valence-corrected chi connectivity index (χ3v) is 6.11. The number of carbonyl (C=O) groups is 1. The molecule has 1 aromatic carbocycles. The fraction of sp³-hybridized carbons (Fsp3) is 0.588. The first kappa shape index (κ1) is 21.9. The summed E-state index contributed by atoms with van der Waals surface area (Å²) >= 11 is 6.06. The molecule has 1 amide bonds. The highest BCUT2D eigenvalue weighted by molar-refractivity contribution is 7.89. The van der Waals surface area contributed by atoms with Crippen LogP contribution in [0.4, 0.5) is 0 Å². The Bertz CT molecular complexity index is 673. The quantitative estimate of drug-likeness (QED) is 0.623. The van der Waals surface area contributed by atoms with Crippen molar-refractivity contribution >= 4 is 27.5 Å². The number of nitrogens with one attached hydrogen (secondary N) is 1. The summed E-state index contributed by atoms with van der Waals surface area (Å²) < 4.78 is 32.0. The molecule has 0 fully saturated rings. The van der Waals surface area contributed by atoms with E-state index in [9.17, 15) is 13.2 Å². The zero-order valence-corrected chi connectivity index (χ0v) is 16.8. The molecule has 0 aliphatic heterocycles. The van der Waals surface area contributed by atoms with Crippen LogP contribution in [0, 0.1) is 0 Å². The number of hydrogen-bond donors (Lipinski definition) is 1. The van der Waals surface area contributed by atoms with Crippen molar-refractivity contribution in [2.45, 2.75) is 45.1 Å². The first-order valence-electron chi connectivity index (χ1n) is 8.43. The summed E-state index contributed by atoms with van der Waals surface area (Å²) in [5, 5.41) is 2.86. The molecule has 0 heterocycles. The highest BCUT2D eigenvalue weighted by Gasteiger charge is 2.25. The molecule has 0 spiro atoms. The fourth-order valence-electron chi connectivity index (χ4n) is 2.24. The minimum Gasteiger partial charge on any atom is -0.379 e. The molecule has 6 nitrogen and oxygen atoms in total. The SMILES string of the molecule is CCN(CC)S(=O)(=O)c1cc(C(=O)NCCCOC(C)C)ccc1Cl. The molecule has 8 heteroatoms. The van der Waals surface area contributed by atoms with Gasteiger partial charge in [-0.1, -0.05) is 25.4 Å². The van der Waals surface area contributed by atoms with Gasteiger partial charge in [0.25, 0.3) is 5.91 Å². The maximum atomic E-state index is 12.6. The second kappa shape index (κ2) is 10.1. The Morgan fingerprint density at radius 3 is 2.48 bits per heavy atom. The first-order valence-corrected chi connectivity index (χ1v) is 10.2. The van der Waals surface area contributed by atoms with Crippen molar-refractivity contribution in [2.75, 3.05) is 26.2 Å². The van der Waals surface area contributed by atoms with Crippen LogP contribution in [-0.2, 0) is 14.8 Å². The molecule has 0 atom stereocenters. The fourth-order valence-corrected chi connectivity index (χ4v) is 4.20. The largest absolute Gasteiger partial charge is 0.379 e. The molecule has 142 valence electrons. The Kier molecular flexibility index (Phi) is 8.85. The molecular weight excluding hydrogens is 364 g/mol. The lowest BCUT2D eigenvalue weighted by Gasteiger charge is -2.19. The average molecular weight is 391 g/mol. The van der Waals surface area contributed by atoms with Gasteiger partial charge < -0.3 is 10.1 Å². The predicted molar refractivity (Wildman–Crippen MR) is 99.6 cm³/mol. The van der Waals surface area contributed by atoms with E-state index in [4.69, 9.17) is 16.3 Å². The number of sulfonamides is 1. The molecule has 0 saturated heterocycles. The molecule has 1 N–H and O–H groups in total. The number of rotatable bonds is 10. The lowest BCUT2D eigenvalue weighted by Crippen LogP contribution is -2.31. The second-order valence-corrected chi connectivity index (χ2v) is 8.08. The van der Waals surface area contributed by atoms with Crippen LogP contribution in [0.5, 0.6) is 0 Å². The van der Waals surface area contributed by atoms with E-state index in [1.165, 1.54) is 22.5 Å². The van der Waals surface area contributed by atoms with Crippen LogP contribution in [0.15, 0.2) is 23.1 Å². The van der Waals surface area contributed by atoms with E-state index in [2.05, 4.69) is 5.32 Å². The Morgan fingerprint density at radius 1 is 1.28 bits per heavy atom. The van der Waals surface area contributed by atoms with Crippen LogP contribution >= 0.6 is 11.6 Å². The van der Waals surface area contributed by atoms with Gasteiger partial charge in [-0.3, -0.25) is 4.79 Å². The Hall–Kier alpha value is -1.15. The van der Waals surface area contributed by atoms with Crippen LogP contribution in [0.1, 0.15) is 44.5 Å². The monoisotopic (exact) mass is 390 g/mol. The van der Waals surface area contributed by atoms with E-state index in [0.717, 1.165) is 0 Å². The zero-order valence-electron chi connectivity index (χ0n) is 15.2. The highest BCUT2D eigenvalue weighted by atomic mass is 35.5. The summed E-state index contributed by atoms with van der Waals surface area (Å²) in [4.78, 5) is 12.2. The lowest BCUT2D eigenvalue weighted by atomic mass is 10.2. The normalized spacial score (nSPS) is 12.0. The third kappa shape index (κ3) is 6.26. The molecule has 1 rings (SSSR count). The number of halogens is 1. The van der Waals surface area contributed by atoms with Crippen LogP contribution in [0.2, 0.25) is 5.02 Å². The van der Waals surface area contributed by atoms with Gasteiger partial charge in [-0.15, -0.1) is 0 Å². The first-order chi connectivity index (χ1) is 11.7. The smallest absolute Gasteiger partial charge is 0.251 e. The molecule has 0 radical (unpaired) electrons. The van der Waals surface area contributed by atoms with Crippen LogP contribution in [0.3, 0.4) is 0 Å². The van der Waals surface area contributed by atoms with Gasteiger partial charge >= 0.3 is 0 Å². The summed E-state index contributed by atoms with van der Waals surface area (Å²) in [6.45, 7) is 9.08. The van der Waals surface area contributed by atoms with Crippen molar-refractivity contribution in [1.29, 1.82) is 0 Å². The topological polar surface area (TPSA) is 75.7 Å². The predicted octanol–water partition coefficient (Wildman–Crippen LogP) is 2.92. The summed E-state index contributed by atoms with van der Waals surface area (Å²) in [6, 6.07) is 4.29. The van der Waals surface area contributed by atoms with Gasteiger partial charge in [0.05, 0.1) is 11.1 Å². The minimum absolute atomic E-state index is 0.0475. The maximum Gasteiger partial charge on any atom is 0.251 e. The number of nitrogens with zero attached hydrogens (tertiary/aromatic N) is 1. The maximum absolute atomic E-state index is 12.6. The Labute approximate surface area is 155 Å². The van der Waals surface area contributed by atoms with E-state index in [0.29, 0.717) is 32.7 Å². The zero-order chi connectivity index (χ0) is 19.0. The van der Waals surface area contributed by atoms with E-state index >= 15 is 0 Å². The van der Waals surface area contributed by atoms with Crippen molar-refractivity contribution in [2.24, 2.45) is 0 Å². The van der Waals surface area contributed by atoms with E-state index in [1.54, 1.807) is 13.8 Å². The Morgan fingerprint density at radius 2 is 1.92 bits per heavy atom. The van der Waals surface area contributed by atoms with Crippen molar-refractivity contribution in [3.63, 3.8) is 0 Å². The summed E-state index contributed by atoms with van der Waals surface area (Å²) in [7, 11) is -3.73. The van der Waals surface area contributed by atoms with Gasteiger partial charge in [0.1, 0.15) is 4.90 Å². The molecule has 1 aromatic rings. The van der Waals surface area contributed by atoms with E-state index in [1.807, 2.05) is 13.8 Å². The van der Waals surface area contributed by atoms with Crippen molar-refractivity contribution in [3.05, 3.63) is 28.8 Å². The molecule has 0 aliphatic rings. The number of hydrogen-bond acceptors (Lipinski definition) is 4. The summed E-state index contributed by atoms with van der Waals surface area (Å²) in [6.07, 6.45) is 0.835. The molecule has 0 aromatic heterocycles. The van der Waals surface area contributed by atoms with Crippen molar-refractivity contribution in [1.82, 2.24) is 9.62 Å². The van der Waals surface area contributed by atoms with Crippen LogP contribution in [0.25, 0.3) is 0 Å². The van der Waals surface area contributed by atoms with Gasteiger partial charge in [-0.25, -0.2) is 8.42 Å². The summed E-state index contributed by atoms with van der Waals surface area (Å²) in [5.74, 6) is -0.336. The standard InChI is InChI=1S/C17H27ClN2O4S/c1-5-20(6-2)25(22,23)16-12-14(8-9-15(16)18)17(21)19-10-7-11-24-13(3)4/h8-9,12-13H,5-7,10-11H2,1-4H3,(H,19,21). The molecule has 0 saturated carbocycles. The van der Waals surface area contributed by atoms with Crippen LogP contribution in [-0.4, -0.2) is 51.0 Å². The number of ether oxygens (including phenoxy) is 1. The minimum atomic E-state index is -3.73. The Balaban J connectivity index is 2.85. The second-order valence-electron chi connectivity index (χ2n) is 5.76. The summed E-state index contributed by atoms with van der Waals surface area (Å²) in [5.41, 5.74) is 0.264. The third-order valence-electron chi connectivity index (χ3n) is 3.57. The van der Waals surface area contributed by atoms with Crippen LogP contribution < -0.4 is 5.32 Å². The number of benzene rings is 1. The molecule has 25 heavy (non-hydrogen) atoms. The van der Waals surface area contributed by atoms with Gasteiger partial charge in [-0.2, -0.15) is 4.31 Å². The van der Waals surface area contributed by atoms with Crippen molar-refractivity contribution < 1.29 is 17.9 Å². The van der Waals surface area contributed by atoms with Gasteiger partial charge in [0, 0.05) is 31.8 Å². The molecule has 0 aliphatic carbocycles. The van der Waals surface area contributed by atoms with E-state index in [-0.39, 0.29) is 27.5 Å². The average Bonchev–Trinajstić information content (AvgIpc) is 2.55. The van der Waals surface area contributed by atoms with Gasteiger partial charge in [-0.05, 0) is 38.5 Å².